The van der Waals surface area contributed by atoms with Gasteiger partial charge in [-0.05, 0) is 53.9 Å². The highest BCUT2D eigenvalue weighted by molar-refractivity contribution is 6.39. The lowest BCUT2D eigenvalue weighted by Crippen LogP contribution is -2.43. The normalized spacial score (nSPS) is 14.6. The average Bonchev–Trinajstić information content (AvgIpc) is 3.30. The van der Waals surface area contributed by atoms with Gasteiger partial charge in [-0.3, -0.25) is 14.5 Å². The van der Waals surface area contributed by atoms with Crippen LogP contribution < -0.4 is 10.6 Å². The standard InChI is InChI=1S/C23H22FN3O3/c24-18-7-9-19(10-8-18)26-23(29)22(28)25-14-20(21-6-3-13-30-21)27-12-11-16-4-1-2-5-17(16)15-27/h1-10,13,20H,11-12,14-15H2,(H,25,28)(H,26,29)/t20-/m0/s1. The number of carbonyl (C=O) groups excluding carboxylic acids is 2. The van der Waals surface area contributed by atoms with Gasteiger partial charge in [-0.2, -0.15) is 0 Å². The minimum absolute atomic E-state index is 0.198. The van der Waals surface area contributed by atoms with Crippen molar-refractivity contribution in [1.82, 2.24) is 10.2 Å². The summed E-state index contributed by atoms with van der Waals surface area (Å²) < 4.78 is 18.6. The zero-order valence-electron chi connectivity index (χ0n) is 16.3. The Bertz CT molecular complexity index is 1020. The Balaban J connectivity index is 1.41. The van der Waals surface area contributed by atoms with Gasteiger partial charge in [-0.15, -0.1) is 0 Å². The van der Waals surface area contributed by atoms with Gasteiger partial charge >= 0.3 is 11.8 Å². The van der Waals surface area contributed by atoms with Crippen LogP contribution in [0, 0.1) is 5.82 Å². The van der Waals surface area contributed by atoms with Crippen LogP contribution in [0.2, 0.25) is 0 Å². The SMILES string of the molecule is O=C(NC[C@@H](c1ccco1)N1CCc2ccccc2C1)C(=O)Nc1ccc(F)cc1. The number of hydrogen-bond acceptors (Lipinski definition) is 4. The van der Waals surface area contributed by atoms with Gasteiger partial charge in [-0.25, -0.2) is 4.39 Å². The molecule has 2 aromatic carbocycles. The smallest absolute Gasteiger partial charge is 0.313 e. The number of fused-ring (bicyclic) bond motifs is 1. The van der Waals surface area contributed by atoms with Crippen molar-refractivity contribution in [2.24, 2.45) is 0 Å². The van der Waals surface area contributed by atoms with Gasteiger partial charge in [-0.1, -0.05) is 24.3 Å². The first-order valence-electron chi connectivity index (χ1n) is 9.79. The van der Waals surface area contributed by atoms with Crippen LogP contribution >= 0.6 is 0 Å². The van der Waals surface area contributed by atoms with Gasteiger partial charge in [0.2, 0.25) is 0 Å². The number of carbonyl (C=O) groups is 2. The molecule has 0 radical (unpaired) electrons. The van der Waals surface area contributed by atoms with E-state index in [1.807, 2.05) is 24.3 Å². The summed E-state index contributed by atoms with van der Waals surface area (Å²) in [4.78, 5) is 26.7. The van der Waals surface area contributed by atoms with Crippen molar-refractivity contribution >= 4 is 17.5 Å². The highest BCUT2D eigenvalue weighted by atomic mass is 19.1. The van der Waals surface area contributed by atoms with Crippen LogP contribution in [0.15, 0.2) is 71.3 Å². The van der Waals surface area contributed by atoms with Crippen molar-refractivity contribution in [2.45, 2.75) is 19.0 Å². The molecule has 0 saturated carbocycles. The summed E-state index contributed by atoms with van der Waals surface area (Å²) in [7, 11) is 0. The maximum Gasteiger partial charge on any atom is 0.313 e. The van der Waals surface area contributed by atoms with Crippen molar-refractivity contribution in [1.29, 1.82) is 0 Å². The molecule has 3 aromatic rings. The van der Waals surface area contributed by atoms with E-state index in [9.17, 15) is 14.0 Å². The summed E-state index contributed by atoms with van der Waals surface area (Å²) in [6, 6.07) is 17.0. The molecule has 0 unspecified atom stereocenters. The predicted molar refractivity (Wildman–Crippen MR) is 110 cm³/mol. The number of amides is 2. The van der Waals surface area contributed by atoms with Gasteiger partial charge < -0.3 is 15.1 Å². The van der Waals surface area contributed by atoms with E-state index in [4.69, 9.17) is 4.42 Å². The fourth-order valence-electron chi connectivity index (χ4n) is 3.66. The van der Waals surface area contributed by atoms with Crippen molar-refractivity contribution in [3.8, 4) is 0 Å². The highest BCUT2D eigenvalue weighted by Crippen LogP contribution is 2.27. The Morgan fingerprint density at radius 2 is 1.77 bits per heavy atom. The molecule has 1 aromatic heterocycles. The van der Waals surface area contributed by atoms with Crippen LogP contribution in [0.4, 0.5) is 10.1 Å². The van der Waals surface area contributed by atoms with Crippen molar-refractivity contribution in [3.63, 3.8) is 0 Å². The average molecular weight is 407 g/mol. The Kier molecular flexibility index (Phi) is 5.90. The lowest BCUT2D eigenvalue weighted by Gasteiger charge is -2.34. The Morgan fingerprint density at radius 1 is 1.00 bits per heavy atom. The van der Waals surface area contributed by atoms with E-state index in [0.29, 0.717) is 5.69 Å². The summed E-state index contributed by atoms with van der Waals surface area (Å²) in [6.45, 7) is 1.78. The summed E-state index contributed by atoms with van der Waals surface area (Å²) in [5, 5.41) is 5.16. The minimum atomic E-state index is -0.802. The van der Waals surface area contributed by atoms with Gasteiger partial charge in [0, 0.05) is 25.3 Å². The quantitative estimate of drug-likeness (QED) is 0.637. The molecule has 154 valence electrons. The monoisotopic (exact) mass is 407 g/mol. The van der Waals surface area contributed by atoms with Gasteiger partial charge in [0.15, 0.2) is 0 Å². The Hall–Kier alpha value is -3.45. The van der Waals surface area contributed by atoms with Gasteiger partial charge in [0.05, 0.1) is 12.3 Å². The molecule has 0 spiro atoms. The van der Waals surface area contributed by atoms with Crippen LogP contribution in [-0.2, 0) is 22.6 Å². The number of nitrogens with one attached hydrogen (secondary N) is 2. The molecule has 0 saturated heterocycles. The number of furan rings is 1. The van der Waals surface area contributed by atoms with Crippen molar-refractivity contribution in [2.75, 3.05) is 18.4 Å². The van der Waals surface area contributed by atoms with E-state index >= 15 is 0 Å². The largest absolute Gasteiger partial charge is 0.468 e. The third kappa shape index (κ3) is 4.58. The van der Waals surface area contributed by atoms with E-state index < -0.39 is 17.6 Å². The zero-order chi connectivity index (χ0) is 20.9. The second-order valence-corrected chi connectivity index (χ2v) is 7.19. The van der Waals surface area contributed by atoms with Crippen LogP contribution in [0.3, 0.4) is 0 Å². The van der Waals surface area contributed by atoms with E-state index in [1.165, 1.54) is 35.4 Å². The molecule has 0 aliphatic carbocycles. The van der Waals surface area contributed by atoms with Crippen LogP contribution in [0.25, 0.3) is 0 Å². The highest BCUT2D eigenvalue weighted by Gasteiger charge is 2.27. The number of nitrogens with zero attached hydrogens (tertiary/aromatic N) is 1. The second kappa shape index (κ2) is 8.92. The maximum atomic E-state index is 13.0. The summed E-state index contributed by atoms with van der Waals surface area (Å²) >= 11 is 0. The molecule has 0 bridgehead atoms. The fourth-order valence-corrected chi connectivity index (χ4v) is 3.66. The van der Waals surface area contributed by atoms with Crippen LogP contribution in [-0.4, -0.2) is 29.8 Å². The molecule has 6 nitrogen and oxygen atoms in total. The lowest BCUT2D eigenvalue weighted by molar-refractivity contribution is -0.136. The molecule has 1 aliphatic heterocycles. The molecule has 4 rings (SSSR count). The third-order valence-electron chi connectivity index (χ3n) is 5.24. The molecule has 2 amide bonds. The predicted octanol–water partition coefficient (Wildman–Crippen LogP) is 3.27. The van der Waals surface area contributed by atoms with Crippen LogP contribution in [0.5, 0.6) is 0 Å². The molecular weight excluding hydrogens is 385 g/mol. The molecule has 0 fully saturated rings. The number of rotatable bonds is 5. The number of anilines is 1. The molecule has 30 heavy (non-hydrogen) atoms. The molecule has 7 heteroatoms. The first-order chi connectivity index (χ1) is 14.6. The molecule has 1 atom stereocenters. The Labute approximate surface area is 173 Å². The number of halogens is 1. The summed E-state index contributed by atoms with van der Waals surface area (Å²) in [6.07, 6.45) is 2.51. The van der Waals surface area contributed by atoms with Crippen LogP contribution in [0.1, 0.15) is 22.9 Å². The summed E-state index contributed by atoms with van der Waals surface area (Å²) in [5.74, 6) is -1.24. The third-order valence-corrected chi connectivity index (χ3v) is 5.24. The molecule has 1 aliphatic rings. The second-order valence-electron chi connectivity index (χ2n) is 7.19. The summed E-state index contributed by atoms with van der Waals surface area (Å²) in [5.41, 5.74) is 2.93. The van der Waals surface area contributed by atoms with E-state index in [1.54, 1.807) is 6.26 Å². The molecular formula is C23H22FN3O3. The number of benzene rings is 2. The number of hydrogen-bond donors (Lipinski definition) is 2. The zero-order valence-corrected chi connectivity index (χ0v) is 16.3. The first-order valence-corrected chi connectivity index (χ1v) is 9.79. The maximum absolute atomic E-state index is 13.0. The fraction of sp³-hybridized carbons (Fsp3) is 0.217. The first kappa shape index (κ1) is 19.8. The van der Waals surface area contributed by atoms with E-state index in [2.05, 4.69) is 27.7 Å². The van der Waals surface area contributed by atoms with E-state index in [-0.39, 0.29) is 12.6 Å². The molecule has 2 N–H and O–H groups in total. The van der Waals surface area contributed by atoms with Gasteiger partial charge in [0.1, 0.15) is 11.6 Å². The van der Waals surface area contributed by atoms with Crippen molar-refractivity contribution < 1.29 is 18.4 Å². The van der Waals surface area contributed by atoms with Gasteiger partial charge in [0.25, 0.3) is 0 Å². The van der Waals surface area contributed by atoms with Crippen molar-refractivity contribution in [3.05, 3.63) is 89.6 Å². The molecule has 2 heterocycles. The topological polar surface area (TPSA) is 74.6 Å². The van der Waals surface area contributed by atoms with E-state index in [0.717, 1.165) is 25.3 Å². The minimum Gasteiger partial charge on any atom is -0.468 e. The lowest BCUT2D eigenvalue weighted by atomic mass is 9.98. The Morgan fingerprint density at radius 3 is 2.50 bits per heavy atom.